The molecule has 3 heterocycles. The molecule has 0 atom stereocenters. The minimum absolute atomic E-state index is 0.0593. The van der Waals surface area contributed by atoms with Crippen molar-refractivity contribution in [3.8, 4) is 0 Å². The zero-order chi connectivity index (χ0) is 20.1. The predicted molar refractivity (Wildman–Crippen MR) is 109 cm³/mol. The monoisotopic (exact) mass is 387 g/mol. The van der Waals surface area contributed by atoms with Crippen molar-refractivity contribution in [1.29, 1.82) is 0 Å². The fourth-order valence-electron chi connectivity index (χ4n) is 3.39. The summed E-state index contributed by atoms with van der Waals surface area (Å²) in [4.78, 5) is 25.6. The van der Waals surface area contributed by atoms with E-state index in [1.165, 1.54) is 0 Å². The minimum Gasteiger partial charge on any atom is -0.361 e. The summed E-state index contributed by atoms with van der Waals surface area (Å²) in [6.45, 7) is 10.5. The lowest BCUT2D eigenvalue weighted by Gasteiger charge is -2.36. The Kier molecular flexibility index (Phi) is 6.33. The second-order valence-electron chi connectivity index (χ2n) is 6.93. The third-order valence-corrected chi connectivity index (χ3v) is 5.02. The number of hydrogen-bond donors (Lipinski definition) is 1. The van der Waals surface area contributed by atoms with E-state index in [9.17, 15) is 4.79 Å². The molecule has 2 aromatic heterocycles. The number of guanidine groups is 1. The first-order valence-electron chi connectivity index (χ1n) is 9.72. The van der Waals surface area contributed by atoms with Crippen molar-refractivity contribution in [2.45, 2.75) is 27.2 Å². The van der Waals surface area contributed by atoms with Crippen LogP contribution in [0.1, 0.15) is 23.9 Å². The van der Waals surface area contributed by atoms with Gasteiger partial charge in [0.15, 0.2) is 11.8 Å². The maximum absolute atomic E-state index is 12.3. The Labute approximate surface area is 165 Å². The van der Waals surface area contributed by atoms with Crippen LogP contribution in [-0.2, 0) is 13.5 Å². The number of aromatic nitrogens is 3. The quantitative estimate of drug-likeness (QED) is 0.597. The normalized spacial score (nSPS) is 15.2. The van der Waals surface area contributed by atoms with Crippen LogP contribution in [0.5, 0.6) is 0 Å². The SMILES string of the molecule is CCNC(=NCCc1c(C)noc1C)N1CCN(c2nccn(C)c2=O)CC1. The van der Waals surface area contributed by atoms with Gasteiger partial charge < -0.3 is 24.2 Å². The third kappa shape index (κ3) is 4.35. The number of anilines is 1. The molecule has 1 N–H and O–H groups in total. The number of nitrogens with zero attached hydrogens (tertiary/aromatic N) is 6. The molecule has 0 amide bonds. The highest BCUT2D eigenvalue weighted by atomic mass is 16.5. The average Bonchev–Trinajstić information content (AvgIpc) is 3.01. The van der Waals surface area contributed by atoms with Crippen LogP contribution in [-0.4, -0.2) is 64.8 Å². The Morgan fingerprint density at radius 3 is 2.68 bits per heavy atom. The van der Waals surface area contributed by atoms with Crippen molar-refractivity contribution in [2.24, 2.45) is 12.0 Å². The summed E-state index contributed by atoms with van der Waals surface area (Å²) in [6, 6.07) is 0. The summed E-state index contributed by atoms with van der Waals surface area (Å²) >= 11 is 0. The summed E-state index contributed by atoms with van der Waals surface area (Å²) in [5.41, 5.74) is 2.01. The molecule has 0 saturated carbocycles. The van der Waals surface area contributed by atoms with Gasteiger partial charge in [-0.1, -0.05) is 5.16 Å². The number of piperazine rings is 1. The molecule has 28 heavy (non-hydrogen) atoms. The Balaban J connectivity index is 1.62. The summed E-state index contributed by atoms with van der Waals surface area (Å²) in [5, 5.41) is 7.38. The van der Waals surface area contributed by atoms with Gasteiger partial charge in [0.1, 0.15) is 5.76 Å². The Bertz CT molecular complexity index is 859. The first-order valence-corrected chi connectivity index (χ1v) is 9.72. The van der Waals surface area contributed by atoms with Crippen LogP contribution in [0.4, 0.5) is 5.82 Å². The van der Waals surface area contributed by atoms with Gasteiger partial charge >= 0.3 is 0 Å². The van der Waals surface area contributed by atoms with Crippen molar-refractivity contribution in [2.75, 3.05) is 44.2 Å². The van der Waals surface area contributed by atoms with E-state index in [0.717, 1.165) is 62.1 Å². The Hall–Kier alpha value is -2.84. The minimum atomic E-state index is -0.0593. The number of hydrogen-bond acceptors (Lipinski definition) is 6. The first-order chi connectivity index (χ1) is 13.5. The fourth-order valence-corrected chi connectivity index (χ4v) is 3.39. The summed E-state index contributed by atoms with van der Waals surface area (Å²) in [7, 11) is 1.75. The zero-order valence-corrected chi connectivity index (χ0v) is 17.1. The third-order valence-electron chi connectivity index (χ3n) is 5.02. The number of nitrogens with one attached hydrogen (secondary N) is 1. The van der Waals surface area contributed by atoms with Gasteiger partial charge in [-0.2, -0.15) is 0 Å². The second kappa shape index (κ2) is 8.90. The molecular formula is C19H29N7O2. The molecule has 152 valence electrons. The van der Waals surface area contributed by atoms with E-state index in [-0.39, 0.29) is 5.56 Å². The summed E-state index contributed by atoms with van der Waals surface area (Å²) in [6.07, 6.45) is 4.15. The van der Waals surface area contributed by atoms with Crippen LogP contribution < -0.4 is 15.8 Å². The van der Waals surface area contributed by atoms with E-state index in [0.29, 0.717) is 12.4 Å². The van der Waals surface area contributed by atoms with Gasteiger partial charge in [-0.25, -0.2) is 4.98 Å². The highest BCUT2D eigenvalue weighted by Gasteiger charge is 2.22. The average molecular weight is 387 g/mol. The highest BCUT2D eigenvalue weighted by Crippen LogP contribution is 2.13. The standard InChI is InChI=1S/C19H29N7O2/c1-5-20-19(22-7-6-16-14(2)23-28-15(16)3)26-12-10-25(11-13-26)17-18(27)24(4)9-8-21-17/h8-9H,5-7,10-13H2,1-4H3,(H,20,22). The van der Waals surface area contributed by atoms with Crippen LogP contribution in [0.3, 0.4) is 0 Å². The van der Waals surface area contributed by atoms with Gasteiger partial charge in [-0.15, -0.1) is 0 Å². The molecule has 2 aromatic rings. The van der Waals surface area contributed by atoms with Gasteiger partial charge in [-0.3, -0.25) is 9.79 Å². The molecular weight excluding hydrogens is 358 g/mol. The van der Waals surface area contributed by atoms with Crippen molar-refractivity contribution in [3.63, 3.8) is 0 Å². The van der Waals surface area contributed by atoms with Crippen LogP contribution >= 0.6 is 0 Å². The topological polar surface area (TPSA) is 91.8 Å². The number of rotatable bonds is 5. The Morgan fingerprint density at radius 2 is 2.04 bits per heavy atom. The van der Waals surface area contributed by atoms with Gasteiger partial charge in [0.25, 0.3) is 5.56 Å². The van der Waals surface area contributed by atoms with Crippen LogP contribution in [0.25, 0.3) is 0 Å². The van der Waals surface area contributed by atoms with E-state index in [4.69, 9.17) is 9.52 Å². The highest BCUT2D eigenvalue weighted by molar-refractivity contribution is 5.80. The van der Waals surface area contributed by atoms with Crippen molar-refractivity contribution in [1.82, 2.24) is 24.9 Å². The molecule has 1 fully saturated rings. The van der Waals surface area contributed by atoms with E-state index in [1.807, 2.05) is 18.7 Å². The van der Waals surface area contributed by atoms with Gasteiger partial charge in [0.2, 0.25) is 0 Å². The molecule has 0 radical (unpaired) electrons. The van der Waals surface area contributed by atoms with Crippen molar-refractivity contribution >= 4 is 11.8 Å². The largest absolute Gasteiger partial charge is 0.361 e. The van der Waals surface area contributed by atoms with Gasteiger partial charge in [-0.05, 0) is 27.2 Å². The molecule has 0 aromatic carbocycles. The number of aliphatic imine (C=N–C) groups is 1. The molecule has 0 spiro atoms. The lowest BCUT2D eigenvalue weighted by molar-refractivity contribution is 0.370. The molecule has 0 unspecified atom stereocenters. The van der Waals surface area contributed by atoms with Gasteiger partial charge in [0, 0.05) is 64.3 Å². The van der Waals surface area contributed by atoms with E-state index in [1.54, 1.807) is 24.0 Å². The molecule has 1 aliphatic heterocycles. The number of aryl methyl sites for hydroxylation is 3. The van der Waals surface area contributed by atoms with E-state index >= 15 is 0 Å². The van der Waals surface area contributed by atoms with E-state index < -0.39 is 0 Å². The maximum atomic E-state index is 12.3. The smallest absolute Gasteiger partial charge is 0.293 e. The zero-order valence-electron chi connectivity index (χ0n) is 17.1. The lowest BCUT2D eigenvalue weighted by atomic mass is 10.1. The fraction of sp³-hybridized carbons (Fsp3) is 0.579. The molecule has 3 rings (SSSR count). The molecule has 9 nitrogen and oxygen atoms in total. The molecule has 0 aliphatic carbocycles. The van der Waals surface area contributed by atoms with Gasteiger partial charge in [0.05, 0.1) is 5.69 Å². The molecule has 9 heteroatoms. The van der Waals surface area contributed by atoms with E-state index in [2.05, 4.69) is 27.3 Å². The maximum Gasteiger partial charge on any atom is 0.293 e. The first kappa shape index (κ1) is 19.9. The summed E-state index contributed by atoms with van der Waals surface area (Å²) in [5.74, 6) is 2.29. The lowest BCUT2D eigenvalue weighted by Crippen LogP contribution is -2.53. The molecule has 1 aliphatic rings. The molecule has 0 bridgehead atoms. The Morgan fingerprint density at radius 1 is 1.29 bits per heavy atom. The van der Waals surface area contributed by atoms with Crippen LogP contribution in [0, 0.1) is 13.8 Å². The second-order valence-corrected chi connectivity index (χ2v) is 6.93. The van der Waals surface area contributed by atoms with Crippen LogP contribution in [0.2, 0.25) is 0 Å². The molecule has 1 saturated heterocycles. The summed E-state index contributed by atoms with van der Waals surface area (Å²) < 4.78 is 6.79. The van der Waals surface area contributed by atoms with Crippen molar-refractivity contribution < 1.29 is 4.52 Å². The van der Waals surface area contributed by atoms with Crippen LogP contribution in [0.15, 0.2) is 26.7 Å². The predicted octanol–water partition coefficient (Wildman–Crippen LogP) is 0.715. The van der Waals surface area contributed by atoms with Crippen molar-refractivity contribution in [3.05, 3.63) is 39.8 Å².